The van der Waals surface area contributed by atoms with Crippen molar-refractivity contribution >= 4 is 17.5 Å². The molecule has 7 heteroatoms. The van der Waals surface area contributed by atoms with Crippen molar-refractivity contribution in [3.05, 3.63) is 5.69 Å². The number of nitrogens with two attached hydrogens (primary N) is 1. The van der Waals surface area contributed by atoms with Gasteiger partial charge in [-0.2, -0.15) is 4.98 Å². The van der Waals surface area contributed by atoms with Crippen LogP contribution >= 0.6 is 11.5 Å². The lowest BCUT2D eigenvalue weighted by molar-refractivity contribution is 0.812. The molecule has 0 saturated carbocycles. The normalized spacial score (nSPS) is 11.1. The highest BCUT2D eigenvalue weighted by molar-refractivity contribution is 7.09. The zero-order valence-corrected chi connectivity index (χ0v) is 8.67. The molecule has 0 unspecified atom stereocenters. The van der Waals surface area contributed by atoms with Crippen molar-refractivity contribution in [2.45, 2.75) is 19.8 Å². The number of rotatable bonds is 2. The molecule has 0 spiro atoms. The van der Waals surface area contributed by atoms with Gasteiger partial charge in [-0.05, 0) is 17.5 Å². The lowest BCUT2D eigenvalue weighted by Gasteiger charge is -1.99. The van der Waals surface area contributed by atoms with Gasteiger partial charge in [0.05, 0.1) is 5.69 Å². The highest BCUT2D eigenvalue weighted by atomic mass is 32.1. The van der Waals surface area contributed by atoms with Gasteiger partial charge in [0, 0.05) is 0 Å². The SMILES string of the molecule is CC(C)c1nnsc1-c1nc(N)n[nH]1. The topological polar surface area (TPSA) is 93.4 Å². The molecule has 0 aliphatic carbocycles. The Labute approximate surface area is 84.7 Å². The van der Waals surface area contributed by atoms with Gasteiger partial charge in [-0.15, -0.1) is 10.2 Å². The van der Waals surface area contributed by atoms with Crippen LogP contribution in [0.1, 0.15) is 25.5 Å². The first-order chi connectivity index (χ1) is 6.68. The van der Waals surface area contributed by atoms with Crippen LogP contribution in [0.4, 0.5) is 5.95 Å². The maximum Gasteiger partial charge on any atom is 0.239 e. The molecule has 0 amide bonds. The maximum atomic E-state index is 5.42. The predicted molar refractivity (Wildman–Crippen MR) is 53.8 cm³/mol. The van der Waals surface area contributed by atoms with Crippen molar-refractivity contribution in [3.8, 4) is 10.7 Å². The lowest BCUT2D eigenvalue weighted by atomic mass is 10.1. The monoisotopic (exact) mass is 210 g/mol. The first-order valence-electron chi connectivity index (χ1n) is 4.19. The van der Waals surface area contributed by atoms with E-state index in [1.165, 1.54) is 11.5 Å². The summed E-state index contributed by atoms with van der Waals surface area (Å²) in [5.41, 5.74) is 6.34. The molecule has 0 aliphatic heterocycles. The fraction of sp³-hybridized carbons (Fsp3) is 0.429. The molecular formula is C7H10N6S. The second kappa shape index (κ2) is 3.33. The number of aromatic amines is 1. The minimum atomic E-state index is 0.239. The molecule has 0 bridgehead atoms. The van der Waals surface area contributed by atoms with E-state index in [0.29, 0.717) is 11.7 Å². The summed E-state index contributed by atoms with van der Waals surface area (Å²) in [5, 5.41) is 10.6. The number of nitrogens with zero attached hydrogens (tertiary/aromatic N) is 4. The van der Waals surface area contributed by atoms with E-state index in [0.717, 1.165) is 10.6 Å². The highest BCUT2D eigenvalue weighted by Crippen LogP contribution is 2.27. The highest BCUT2D eigenvalue weighted by Gasteiger charge is 2.16. The number of anilines is 1. The largest absolute Gasteiger partial charge is 0.366 e. The summed E-state index contributed by atoms with van der Waals surface area (Å²) in [6, 6.07) is 0. The second-order valence-electron chi connectivity index (χ2n) is 3.18. The summed E-state index contributed by atoms with van der Waals surface area (Å²) in [6.07, 6.45) is 0. The number of nitrogen functional groups attached to an aromatic ring is 1. The third-order valence-corrected chi connectivity index (χ3v) is 2.53. The number of hydrogen-bond acceptors (Lipinski definition) is 6. The molecule has 0 aromatic carbocycles. The van der Waals surface area contributed by atoms with E-state index in [-0.39, 0.29) is 5.95 Å². The molecule has 0 atom stereocenters. The fourth-order valence-electron chi connectivity index (χ4n) is 1.12. The van der Waals surface area contributed by atoms with Crippen molar-refractivity contribution in [1.82, 2.24) is 24.8 Å². The van der Waals surface area contributed by atoms with Crippen molar-refractivity contribution in [2.24, 2.45) is 0 Å². The van der Waals surface area contributed by atoms with E-state index >= 15 is 0 Å². The van der Waals surface area contributed by atoms with E-state index in [9.17, 15) is 0 Å². The summed E-state index contributed by atoms with van der Waals surface area (Å²) in [5.74, 6) is 1.19. The van der Waals surface area contributed by atoms with Gasteiger partial charge in [-0.1, -0.05) is 18.3 Å². The molecule has 2 rings (SSSR count). The Kier molecular flexibility index (Phi) is 2.16. The van der Waals surface area contributed by atoms with Crippen LogP contribution < -0.4 is 5.73 Å². The van der Waals surface area contributed by atoms with E-state index in [2.05, 4.69) is 38.6 Å². The number of H-pyrrole nitrogens is 1. The van der Waals surface area contributed by atoms with Crippen LogP contribution in [0.25, 0.3) is 10.7 Å². The lowest BCUT2D eigenvalue weighted by Crippen LogP contribution is -1.91. The molecule has 2 heterocycles. The Morgan fingerprint density at radius 1 is 1.43 bits per heavy atom. The Balaban J connectivity index is 2.46. The minimum absolute atomic E-state index is 0.239. The van der Waals surface area contributed by atoms with Crippen LogP contribution in [0.15, 0.2) is 0 Å². The quantitative estimate of drug-likeness (QED) is 0.772. The van der Waals surface area contributed by atoms with E-state index < -0.39 is 0 Å². The zero-order valence-electron chi connectivity index (χ0n) is 7.85. The van der Waals surface area contributed by atoms with E-state index in [4.69, 9.17) is 5.73 Å². The molecule has 0 aliphatic rings. The van der Waals surface area contributed by atoms with Crippen LogP contribution in [-0.4, -0.2) is 24.8 Å². The minimum Gasteiger partial charge on any atom is -0.366 e. The second-order valence-corrected chi connectivity index (χ2v) is 3.94. The fourth-order valence-corrected chi connectivity index (χ4v) is 1.87. The maximum absolute atomic E-state index is 5.42. The molecule has 3 N–H and O–H groups in total. The third-order valence-electron chi connectivity index (χ3n) is 1.78. The summed E-state index contributed by atoms with van der Waals surface area (Å²) in [7, 11) is 0. The standard InChI is InChI=1S/C7H10N6S/c1-3(2)4-5(14-13-10-4)6-9-7(8)12-11-6/h3H,1-2H3,(H3,8,9,11,12). The van der Waals surface area contributed by atoms with Gasteiger partial charge in [0.25, 0.3) is 0 Å². The van der Waals surface area contributed by atoms with Crippen molar-refractivity contribution < 1.29 is 0 Å². The van der Waals surface area contributed by atoms with Crippen LogP contribution in [0.5, 0.6) is 0 Å². The molecule has 0 radical (unpaired) electrons. The molecule has 6 nitrogen and oxygen atoms in total. The first-order valence-corrected chi connectivity index (χ1v) is 4.96. The average molecular weight is 210 g/mol. The Morgan fingerprint density at radius 3 is 2.79 bits per heavy atom. The Hall–Kier alpha value is -1.50. The summed E-state index contributed by atoms with van der Waals surface area (Å²) in [6.45, 7) is 4.11. The summed E-state index contributed by atoms with van der Waals surface area (Å²) >= 11 is 1.29. The summed E-state index contributed by atoms with van der Waals surface area (Å²) in [4.78, 5) is 4.94. The van der Waals surface area contributed by atoms with E-state index in [1.54, 1.807) is 0 Å². The van der Waals surface area contributed by atoms with Crippen molar-refractivity contribution in [2.75, 3.05) is 5.73 Å². The number of nitrogens with one attached hydrogen (secondary N) is 1. The molecule has 2 aromatic rings. The van der Waals surface area contributed by atoms with Crippen LogP contribution in [0.2, 0.25) is 0 Å². The summed E-state index contributed by atoms with van der Waals surface area (Å²) < 4.78 is 3.89. The van der Waals surface area contributed by atoms with Gasteiger partial charge in [-0.25, -0.2) is 0 Å². The zero-order chi connectivity index (χ0) is 10.1. The molecule has 2 aromatic heterocycles. The molecule has 0 fully saturated rings. The first kappa shape index (κ1) is 9.07. The Bertz CT molecular complexity index is 431. The smallest absolute Gasteiger partial charge is 0.239 e. The number of aromatic nitrogens is 5. The Morgan fingerprint density at radius 2 is 2.21 bits per heavy atom. The molecule has 14 heavy (non-hydrogen) atoms. The van der Waals surface area contributed by atoms with Gasteiger partial charge in [0.2, 0.25) is 5.95 Å². The van der Waals surface area contributed by atoms with Crippen molar-refractivity contribution in [3.63, 3.8) is 0 Å². The van der Waals surface area contributed by atoms with E-state index in [1.807, 2.05) is 0 Å². The van der Waals surface area contributed by atoms with Gasteiger partial charge in [0.15, 0.2) is 5.82 Å². The molecular weight excluding hydrogens is 200 g/mol. The van der Waals surface area contributed by atoms with Crippen LogP contribution in [0, 0.1) is 0 Å². The van der Waals surface area contributed by atoms with Gasteiger partial charge < -0.3 is 5.73 Å². The average Bonchev–Trinajstić information content (AvgIpc) is 2.70. The van der Waals surface area contributed by atoms with Gasteiger partial charge in [0.1, 0.15) is 4.88 Å². The van der Waals surface area contributed by atoms with Gasteiger partial charge >= 0.3 is 0 Å². The van der Waals surface area contributed by atoms with Crippen LogP contribution in [-0.2, 0) is 0 Å². The molecule has 0 saturated heterocycles. The van der Waals surface area contributed by atoms with Gasteiger partial charge in [-0.3, -0.25) is 5.10 Å². The predicted octanol–water partition coefficient (Wildman–Crippen LogP) is 1.03. The third kappa shape index (κ3) is 1.46. The van der Waals surface area contributed by atoms with Crippen LogP contribution in [0.3, 0.4) is 0 Å². The number of hydrogen-bond donors (Lipinski definition) is 2. The van der Waals surface area contributed by atoms with Crippen molar-refractivity contribution in [1.29, 1.82) is 0 Å². The molecule has 74 valence electrons.